The second-order valence-electron chi connectivity index (χ2n) is 6.10. The second-order valence-corrected chi connectivity index (χ2v) is 8.45. The van der Waals surface area contributed by atoms with Crippen molar-refractivity contribution < 1.29 is 16.8 Å². The molecule has 4 nitrogen and oxygen atoms in total. The van der Waals surface area contributed by atoms with Gasteiger partial charge in [0.05, 0.1) is 23.0 Å². The molecule has 0 aliphatic carbocycles. The summed E-state index contributed by atoms with van der Waals surface area (Å²) in [7, 11) is 0. The van der Waals surface area contributed by atoms with Crippen LogP contribution in [0.2, 0.25) is 0 Å². The predicted molar refractivity (Wildman–Crippen MR) is 101 cm³/mol. The molecule has 0 aliphatic heterocycles. The molecule has 2 aromatic rings. The first kappa shape index (κ1) is 20.0. The van der Waals surface area contributed by atoms with Gasteiger partial charge in [-0.15, -0.1) is 0 Å². The van der Waals surface area contributed by atoms with Crippen molar-refractivity contribution in [1.82, 2.24) is 0 Å². The first-order valence-corrected chi connectivity index (χ1v) is 10.3. The molecule has 0 spiro atoms. The highest BCUT2D eigenvalue weighted by molar-refractivity contribution is 7.80. The molecule has 3 unspecified atom stereocenters. The van der Waals surface area contributed by atoms with E-state index in [0.717, 1.165) is 11.1 Å². The lowest BCUT2D eigenvalue weighted by Gasteiger charge is -2.11. The Morgan fingerprint density at radius 1 is 0.800 bits per heavy atom. The molecule has 0 fully saturated rings. The third-order valence-corrected chi connectivity index (χ3v) is 5.73. The van der Waals surface area contributed by atoms with Crippen molar-refractivity contribution in [2.75, 3.05) is 13.2 Å². The lowest BCUT2D eigenvalue weighted by atomic mass is 10.1. The summed E-state index contributed by atoms with van der Waals surface area (Å²) >= 11 is -2.91. The Hall–Kier alpha value is -1.34. The molecule has 6 heteroatoms. The smallest absolute Gasteiger partial charge is 0.189 e. The van der Waals surface area contributed by atoms with Gasteiger partial charge in [-0.2, -0.15) is 0 Å². The van der Waals surface area contributed by atoms with Crippen LogP contribution >= 0.6 is 0 Å². The van der Waals surface area contributed by atoms with Crippen molar-refractivity contribution >= 4 is 22.2 Å². The van der Waals surface area contributed by atoms with Crippen LogP contribution in [0.15, 0.2) is 58.3 Å². The third-order valence-electron chi connectivity index (χ3n) is 3.69. The Morgan fingerprint density at radius 3 is 1.72 bits per heavy atom. The van der Waals surface area contributed by atoms with Crippen molar-refractivity contribution in [2.24, 2.45) is 5.92 Å². The van der Waals surface area contributed by atoms with E-state index in [0.29, 0.717) is 29.4 Å². The number of hydrogen-bond donors (Lipinski definition) is 0. The van der Waals surface area contributed by atoms with Crippen molar-refractivity contribution in [3.63, 3.8) is 0 Å². The highest BCUT2D eigenvalue weighted by atomic mass is 32.2. The molecule has 0 aromatic heterocycles. The summed E-state index contributed by atoms with van der Waals surface area (Å²) in [6.07, 6.45) is 0.683. The molecule has 0 bridgehead atoms. The molecule has 25 heavy (non-hydrogen) atoms. The minimum atomic E-state index is -1.46. The minimum absolute atomic E-state index is 0.157. The van der Waals surface area contributed by atoms with Crippen LogP contribution in [0.1, 0.15) is 24.5 Å². The summed E-state index contributed by atoms with van der Waals surface area (Å²) < 4.78 is 34.9. The molecule has 136 valence electrons. The van der Waals surface area contributed by atoms with Crippen LogP contribution < -0.4 is 0 Å². The molecule has 0 saturated carbocycles. The monoisotopic (exact) mass is 380 g/mol. The lowest BCUT2D eigenvalue weighted by molar-refractivity contribution is 0.239. The van der Waals surface area contributed by atoms with Gasteiger partial charge in [-0.05, 0) is 50.5 Å². The molecule has 0 radical (unpaired) electrons. The van der Waals surface area contributed by atoms with E-state index in [4.69, 9.17) is 8.37 Å². The molecular weight excluding hydrogens is 356 g/mol. The van der Waals surface area contributed by atoms with Crippen LogP contribution in [0.5, 0.6) is 0 Å². The van der Waals surface area contributed by atoms with Crippen LogP contribution in [-0.2, 0) is 30.5 Å². The van der Waals surface area contributed by atoms with Crippen molar-refractivity contribution in [2.45, 2.75) is 37.0 Å². The fourth-order valence-electron chi connectivity index (χ4n) is 2.02. The Bertz CT molecular complexity index is 711. The Kier molecular flexibility index (Phi) is 7.96. The Labute approximate surface area is 154 Å². The summed E-state index contributed by atoms with van der Waals surface area (Å²) in [6, 6.07) is 14.9. The first-order chi connectivity index (χ1) is 12.0. The highest BCUT2D eigenvalue weighted by Gasteiger charge is 2.10. The zero-order valence-electron chi connectivity index (χ0n) is 14.8. The van der Waals surface area contributed by atoms with E-state index in [1.807, 2.05) is 69.3 Å². The van der Waals surface area contributed by atoms with Gasteiger partial charge in [0.1, 0.15) is 0 Å². The fraction of sp³-hybridized carbons (Fsp3) is 0.368. The summed E-state index contributed by atoms with van der Waals surface area (Å²) in [5.41, 5.74) is 2.24. The van der Waals surface area contributed by atoms with Crippen molar-refractivity contribution in [1.29, 1.82) is 0 Å². The molecule has 3 atom stereocenters. The third kappa shape index (κ3) is 6.82. The molecule has 0 amide bonds. The number of hydrogen-bond acceptors (Lipinski definition) is 4. The zero-order valence-corrected chi connectivity index (χ0v) is 16.4. The van der Waals surface area contributed by atoms with E-state index in [2.05, 4.69) is 0 Å². The van der Waals surface area contributed by atoms with Crippen LogP contribution in [0.25, 0.3) is 0 Å². The summed E-state index contributed by atoms with van der Waals surface area (Å²) in [5, 5.41) is 0. The fourth-order valence-corrected chi connectivity index (χ4v) is 3.61. The number of aryl methyl sites for hydroxylation is 2. The SMILES string of the molecule is Cc1ccc(S(=O)OCCC(C)COS(=O)c2ccc(C)cc2)cc1. The topological polar surface area (TPSA) is 52.6 Å². The molecule has 2 rings (SSSR count). The van der Waals surface area contributed by atoms with E-state index >= 15 is 0 Å². The number of benzene rings is 2. The van der Waals surface area contributed by atoms with Crippen molar-refractivity contribution in [3.05, 3.63) is 59.7 Å². The van der Waals surface area contributed by atoms with Gasteiger partial charge in [0.25, 0.3) is 0 Å². The predicted octanol–water partition coefficient (Wildman–Crippen LogP) is 4.11. The van der Waals surface area contributed by atoms with Gasteiger partial charge in [-0.25, -0.2) is 8.42 Å². The molecule has 2 aromatic carbocycles. The summed E-state index contributed by atoms with van der Waals surface area (Å²) in [6.45, 7) is 6.68. The summed E-state index contributed by atoms with van der Waals surface area (Å²) in [5.74, 6) is 0.157. The van der Waals surface area contributed by atoms with Gasteiger partial charge >= 0.3 is 0 Å². The van der Waals surface area contributed by atoms with E-state index in [1.165, 1.54) is 0 Å². The summed E-state index contributed by atoms with van der Waals surface area (Å²) in [4.78, 5) is 1.32. The van der Waals surface area contributed by atoms with Crippen LogP contribution in [0, 0.1) is 19.8 Å². The van der Waals surface area contributed by atoms with Gasteiger partial charge in [-0.1, -0.05) is 42.3 Å². The second kappa shape index (κ2) is 9.97. The van der Waals surface area contributed by atoms with E-state index in [1.54, 1.807) is 0 Å². The van der Waals surface area contributed by atoms with Gasteiger partial charge < -0.3 is 0 Å². The molecular formula is C19H24O4S2. The molecule has 0 N–H and O–H groups in total. The van der Waals surface area contributed by atoms with E-state index < -0.39 is 22.2 Å². The largest absolute Gasteiger partial charge is 0.287 e. The van der Waals surface area contributed by atoms with Crippen LogP contribution in [0.4, 0.5) is 0 Å². The quantitative estimate of drug-likeness (QED) is 0.657. The van der Waals surface area contributed by atoms with Gasteiger partial charge in [0, 0.05) is 0 Å². The van der Waals surface area contributed by atoms with Gasteiger partial charge in [-0.3, -0.25) is 8.37 Å². The van der Waals surface area contributed by atoms with Crippen LogP contribution in [-0.4, -0.2) is 21.6 Å². The maximum Gasteiger partial charge on any atom is 0.189 e. The average molecular weight is 381 g/mol. The maximum atomic E-state index is 12.1. The van der Waals surface area contributed by atoms with Gasteiger partial charge in [0.2, 0.25) is 0 Å². The van der Waals surface area contributed by atoms with Crippen molar-refractivity contribution in [3.8, 4) is 0 Å². The number of rotatable bonds is 9. The normalized spacial score (nSPS) is 14.8. The lowest BCUT2D eigenvalue weighted by Crippen LogP contribution is -2.11. The first-order valence-electron chi connectivity index (χ1n) is 8.19. The highest BCUT2D eigenvalue weighted by Crippen LogP contribution is 2.13. The Balaban J connectivity index is 1.69. The molecule has 0 heterocycles. The van der Waals surface area contributed by atoms with E-state index in [9.17, 15) is 8.42 Å². The zero-order chi connectivity index (χ0) is 18.2. The van der Waals surface area contributed by atoms with Gasteiger partial charge in [0.15, 0.2) is 22.2 Å². The van der Waals surface area contributed by atoms with E-state index in [-0.39, 0.29) is 5.92 Å². The maximum absolute atomic E-state index is 12.1. The average Bonchev–Trinajstić information content (AvgIpc) is 2.60. The Morgan fingerprint density at radius 2 is 1.24 bits per heavy atom. The molecule has 0 aliphatic rings. The minimum Gasteiger partial charge on any atom is -0.287 e. The standard InChI is InChI=1S/C19H24O4S2/c1-15-4-8-18(9-5-15)24(20)22-13-12-17(3)14-23-25(21)19-10-6-16(2)7-11-19/h4-11,17H,12-14H2,1-3H3. The van der Waals surface area contributed by atoms with Crippen LogP contribution in [0.3, 0.4) is 0 Å². The molecule has 0 saturated heterocycles.